The molecule has 3 atom stereocenters. The van der Waals surface area contributed by atoms with Gasteiger partial charge in [-0.2, -0.15) is 4.31 Å². The number of aryl methyl sites for hydroxylation is 1. The monoisotopic (exact) mass is 469 g/mol. The Kier molecular flexibility index (Phi) is 6.86. The lowest BCUT2D eigenvalue weighted by Crippen LogP contribution is -2.42. The summed E-state index contributed by atoms with van der Waals surface area (Å²) in [5, 5.41) is 0. The molecule has 2 fully saturated rings. The summed E-state index contributed by atoms with van der Waals surface area (Å²) in [4.78, 5) is 24.9. The molecule has 33 heavy (non-hydrogen) atoms. The molecule has 0 saturated heterocycles. The van der Waals surface area contributed by atoms with E-state index >= 15 is 0 Å². The van der Waals surface area contributed by atoms with Gasteiger partial charge in [-0.25, -0.2) is 8.42 Å². The maximum atomic E-state index is 12.8. The number of hydrazine groups is 1. The third-order valence-corrected chi connectivity index (χ3v) is 8.82. The Bertz CT molecular complexity index is 1110. The van der Waals surface area contributed by atoms with E-state index in [4.69, 9.17) is 0 Å². The van der Waals surface area contributed by atoms with Crippen molar-refractivity contribution >= 4 is 21.8 Å². The minimum Gasteiger partial charge on any atom is -0.273 e. The van der Waals surface area contributed by atoms with E-state index < -0.39 is 15.9 Å². The Morgan fingerprint density at radius 3 is 2.27 bits per heavy atom. The van der Waals surface area contributed by atoms with Crippen molar-refractivity contribution in [3.8, 4) is 0 Å². The van der Waals surface area contributed by atoms with Crippen molar-refractivity contribution in [3.05, 3.63) is 65.2 Å². The molecule has 7 nitrogen and oxygen atoms in total. The molecule has 2 N–H and O–H groups in total. The topological polar surface area (TPSA) is 95.6 Å². The van der Waals surface area contributed by atoms with Crippen molar-refractivity contribution in [2.45, 2.75) is 50.5 Å². The number of carbonyl (C=O) groups excluding carboxylic acids is 2. The van der Waals surface area contributed by atoms with Gasteiger partial charge in [0.25, 0.3) is 5.91 Å². The molecule has 2 aromatic rings. The summed E-state index contributed by atoms with van der Waals surface area (Å²) in [6.07, 6.45) is 5.36. The van der Waals surface area contributed by atoms with Gasteiger partial charge in [-0.05, 0) is 73.8 Å². The Labute approximate surface area is 195 Å². The molecular formula is C25H31N3O4S. The minimum absolute atomic E-state index is 0.152. The summed E-state index contributed by atoms with van der Waals surface area (Å²) in [7, 11) is -2.08. The first-order valence-electron chi connectivity index (χ1n) is 11.4. The number of hydrogen-bond acceptors (Lipinski definition) is 4. The van der Waals surface area contributed by atoms with Crippen LogP contribution in [-0.2, 0) is 21.4 Å². The number of nitrogens with zero attached hydrogens (tertiary/aromatic N) is 1. The predicted octanol–water partition coefficient (Wildman–Crippen LogP) is 3.40. The predicted molar refractivity (Wildman–Crippen MR) is 125 cm³/mol. The van der Waals surface area contributed by atoms with Crippen molar-refractivity contribution < 1.29 is 18.0 Å². The summed E-state index contributed by atoms with van der Waals surface area (Å²) in [6.45, 7) is 2.08. The van der Waals surface area contributed by atoms with Crippen molar-refractivity contribution in [1.29, 1.82) is 0 Å². The molecule has 0 spiro atoms. The van der Waals surface area contributed by atoms with Crippen LogP contribution in [0.15, 0.2) is 53.4 Å². The highest BCUT2D eigenvalue weighted by atomic mass is 32.2. The average Bonchev–Trinajstić information content (AvgIpc) is 3.41. The first kappa shape index (κ1) is 23.4. The second-order valence-corrected chi connectivity index (χ2v) is 11.5. The second-order valence-electron chi connectivity index (χ2n) is 9.41. The van der Waals surface area contributed by atoms with Crippen LogP contribution in [0.5, 0.6) is 0 Å². The number of carbonyl (C=O) groups is 2. The molecule has 2 bridgehead atoms. The number of nitrogens with one attached hydrogen (secondary N) is 2. The lowest BCUT2D eigenvalue weighted by molar-refractivity contribution is -0.123. The SMILES string of the molecule is Cc1ccc(S(=O)(=O)N(C)Cc2ccc(C(=O)NNC(=O)C[C@H]3C[C@@H]4CC[C@H]3C4)cc2)cc1. The smallest absolute Gasteiger partial charge is 0.269 e. The largest absolute Gasteiger partial charge is 0.273 e. The summed E-state index contributed by atoms with van der Waals surface area (Å²) in [5.74, 6) is 1.33. The Morgan fingerprint density at radius 2 is 1.67 bits per heavy atom. The number of amides is 2. The van der Waals surface area contributed by atoms with Gasteiger partial charge in [-0.3, -0.25) is 20.4 Å². The van der Waals surface area contributed by atoms with Crippen molar-refractivity contribution in [2.24, 2.45) is 17.8 Å². The average molecular weight is 470 g/mol. The molecule has 0 unspecified atom stereocenters. The van der Waals surface area contributed by atoms with Crippen LogP contribution in [0.3, 0.4) is 0 Å². The number of fused-ring (bicyclic) bond motifs is 2. The van der Waals surface area contributed by atoms with Gasteiger partial charge in [-0.1, -0.05) is 36.2 Å². The fourth-order valence-corrected chi connectivity index (χ4v) is 6.27. The summed E-state index contributed by atoms with van der Waals surface area (Å²) in [6, 6.07) is 13.4. The zero-order valence-corrected chi connectivity index (χ0v) is 19.9. The fraction of sp³-hybridized carbons (Fsp3) is 0.440. The highest BCUT2D eigenvalue weighted by Crippen LogP contribution is 2.49. The fourth-order valence-electron chi connectivity index (χ4n) is 5.11. The molecule has 176 valence electrons. The lowest BCUT2D eigenvalue weighted by Gasteiger charge is -2.21. The second kappa shape index (κ2) is 9.65. The van der Waals surface area contributed by atoms with Crippen molar-refractivity contribution in [1.82, 2.24) is 15.2 Å². The Morgan fingerprint density at radius 1 is 0.970 bits per heavy atom. The van der Waals surface area contributed by atoms with Crippen molar-refractivity contribution in [2.75, 3.05) is 7.05 Å². The van der Waals surface area contributed by atoms with Crippen LogP contribution in [-0.4, -0.2) is 31.6 Å². The molecular weight excluding hydrogens is 438 g/mol. The number of hydrogen-bond donors (Lipinski definition) is 2. The maximum Gasteiger partial charge on any atom is 0.269 e. The van der Waals surface area contributed by atoms with Gasteiger partial charge in [0.2, 0.25) is 15.9 Å². The third kappa shape index (κ3) is 5.45. The molecule has 0 aromatic heterocycles. The zero-order valence-electron chi connectivity index (χ0n) is 19.1. The number of rotatable bonds is 7. The molecule has 2 amide bonds. The molecule has 2 aromatic carbocycles. The highest BCUT2D eigenvalue weighted by molar-refractivity contribution is 7.89. The molecule has 2 aliphatic carbocycles. The molecule has 2 aliphatic rings. The highest BCUT2D eigenvalue weighted by Gasteiger charge is 2.40. The van der Waals surface area contributed by atoms with Gasteiger partial charge in [0.05, 0.1) is 4.90 Å². The molecule has 0 radical (unpaired) electrons. The van der Waals surface area contributed by atoms with E-state index in [0.29, 0.717) is 23.8 Å². The minimum atomic E-state index is -3.61. The molecule has 8 heteroatoms. The van der Waals surface area contributed by atoms with E-state index in [1.807, 2.05) is 6.92 Å². The molecule has 0 heterocycles. The van der Waals surface area contributed by atoms with Crippen LogP contribution in [0.4, 0.5) is 0 Å². The summed E-state index contributed by atoms with van der Waals surface area (Å²) < 4.78 is 26.8. The number of benzene rings is 2. The standard InChI is InChI=1S/C25H31N3O4S/c1-17-3-11-23(12-4-17)33(31,32)28(2)16-18-5-8-20(9-6-18)25(30)27-26-24(29)15-22-14-19-7-10-21(22)13-19/h3-6,8-9,11-12,19,21-22H,7,10,13-16H2,1-2H3,(H,26,29)(H,27,30)/t19-,21+,22-/m1/s1. The van der Waals surface area contributed by atoms with E-state index in [1.54, 1.807) is 48.5 Å². The summed E-state index contributed by atoms with van der Waals surface area (Å²) >= 11 is 0. The van der Waals surface area contributed by atoms with Crippen LogP contribution < -0.4 is 10.9 Å². The van der Waals surface area contributed by atoms with Gasteiger partial charge in [0, 0.05) is 25.6 Å². The first-order valence-corrected chi connectivity index (χ1v) is 12.9. The van der Waals surface area contributed by atoms with E-state index in [1.165, 1.54) is 30.6 Å². The molecule has 2 saturated carbocycles. The number of sulfonamides is 1. The van der Waals surface area contributed by atoms with E-state index in [9.17, 15) is 18.0 Å². The summed E-state index contributed by atoms with van der Waals surface area (Å²) in [5.41, 5.74) is 7.15. The van der Waals surface area contributed by atoms with E-state index in [0.717, 1.165) is 23.5 Å². The van der Waals surface area contributed by atoms with Crippen LogP contribution >= 0.6 is 0 Å². The zero-order chi connectivity index (χ0) is 23.6. The van der Waals surface area contributed by atoms with Crippen LogP contribution in [0, 0.1) is 24.7 Å². The van der Waals surface area contributed by atoms with Gasteiger partial charge in [0.15, 0.2) is 0 Å². The quantitative estimate of drug-likeness (QED) is 0.608. The Hall–Kier alpha value is -2.71. The van der Waals surface area contributed by atoms with Crippen molar-refractivity contribution in [3.63, 3.8) is 0 Å². The van der Waals surface area contributed by atoms with Gasteiger partial charge in [-0.15, -0.1) is 0 Å². The maximum absolute atomic E-state index is 12.8. The normalized spacial score (nSPS) is 21.8. The van der Waals surface area contributed by atoms with Crippen LogP contribution in [0.25, 0.3) is 0 Å². The first-order chi connectivity index (χ1) is 15.7. The Balaban J connectivity index is 1.28. The lowest BCUT2D eigenvalue weighted by atomic mass is 9.86. The van der Waals surface area contributed by atoms with E-state index in [2.05, 4.69) is 10.9 Å². The van der Waals surface area contributed by atoms with Gasteiger partial charge < -0.3 is 0 Å². The molecule has 4 rings (SSSR count). The third-order valence-electron chi connectivity index (χ3n) is 7.00. The van der Waals surface area contributed by atoms with Crippen LogP contribution in [0.2, 0.25) is 0 Å². The van der Waals surface area contributed by atoms with E-state index in [-0.39, 0.29) is 17.3 Å². The van der Waals surface area contributed by atoms with Gasteiger partial charge in [0.1, 0.15) is 0 Å². The molecule has 0 aliphatic heterocycles. The van der Waals surface area contributed by atoms with Crippen LogP contribution in [0.1, 0.15) is 53.6 Å². The van der Waals surface area contributed by atoms with Gasteiger partial charge >= 0.3 is 0 Å².